The van der Waals surface area contributed by atoms with Gasteiger partial charge in [-0.3, -0.25) is 9.59 Å². The Kier molecular flexibility index (Phi) is 6.75. The van der Waals surface area contributed by atoms with Crippen LogP contribution in [0.1, 0.15) is 30.3 Å². The van der Waals surface area contributed by atoms with Crippen LogP contribution >= 0.6 is 0 Å². The zero-order valence-electron chi connectivity index (χ0n) is 16.9. The van der Waals surface area contributed by atoms with Crippen LogP contribution in [-0.2, 0) is 16.1 Å². The van der Waals surface area contributed by atoms with Crippen LogP contribution in [0.4, 0.5) is 0 Å². The number of aromatic nitrogens is 1. The number of esters is 1. The van der Waals surface area contributed by atoms with Crippen LogP contribution < -0.4 is 4.74 Å². The zero-order chi connectivity index (χ0) is 20.8. The van der Waals surface area contributed by atoms with Crippen molar-refractivity contribution in [3.05, 3.63) is 55.3 Å². The molecule has 0 unspecified atom stereocenters. The first-order valence-electron chi connectivity index (χ1n) is 10.0. The Balaban J connectivity index is 1.85. The number of hydrogen-bond donors (Lipinski definition) is 0. The number of allylic oxidation sites excluding steroid dienone is 1. The van der Waals surface area contributed by atoms with Crippen molar-refractivity contribution in [1.29, 1.82) is 0 Å². The van der Waals surface area contributed by atoms with E-state index in [1.807, 2.05) is 40.7 Å². The molecular weight excluding hydrogens is 368 g/mol. The maximum absolute atomic E-state index is 13.3. The Bertz CT molecular complexity index is 907. The van der Waals surface area contributed by atoms with Crippen LogP contribution in [0.15, 0.2) is 49.6 Å². The highest BCUT2D eigenvalue weighted by Gasteiger charge is 2.30. The van der Waals surface area contributed by atoms with Crippen molar-refractivity contribution < 1.29 is 19.1 Å². The first-order chi connectivity index (χ1) is 14.1. The van der Waals surface area contributed by atoms with E-state index in [-0.39, 0.29) is 17.8 Å². The number of carbonyl (C=O) groups is 2. The summed E-state index contributed by atoms with van der Waals surface area (Å²) in [5, 5.41) is 0.890. The number of piperidine rings is 1. The molecule has 29 heavy (non-hydrogen) atoms. The number of likely N-dealkylation sites (tertiary alicyclic amines) is 1. The number of carbonyl (C=O) groups excluding carboxylic acids is 2. The highest BCUT2D eigenvalue weighted by molar-refractivity contribution is 6.00. The lowest BCUT2D eigenvalue weighted by Gasteiger charge is -2.31. The fourth-order valence-corrected chi connectivity index (χ4v) is 3.78. The van der Waals surface area contributed by atoms with Crippen molar-refractivity contribution in [2.75, 3.05) is 26.3 Å². The van der Waals surface area contributed by atoms with Crippen LogP contribution in [0.5, 0.6) is 5.75 Å². The summed E-state index contributed by atoms with van der Waals surface area (Å²) in [5.74, 6) is 0.390. The van der Waals surface area contributed by atoms with Crippen LogP contribution in [0.2, 0.25) is 0 Å². The molecule has 1 aliphatic heterocycles. The van der Waals surface area contributed by atoms with Gasteiger partial charge in [0.25, 0.3) is 5.91 Å². The second-order valence-corrected chi connectivity index (χ2v) is 7.04. The smallest absolute Gasteiger partial charge is 0.309 e. The summed E-state index contributed by atoms with van der Waals surface area (Å²) in [5.41, 5.74) is 1.53. The Morgan fingerprint density at radius 2 is 1.97 bits per heavy atom. The third-order valence-electron chi connectivity index (χ3n) is 5.20. The molecule has 3 rings (SSSR count). The third kappa shape index (κ3) is 4.36. The van der Waals surface area contributed by atoms with Crippen molar-refractivity contribution in [3.63, 3.8) is 0 Å². The van der Waals surface area contributed by atoms with Crippen molar-refractivity contribution in [2.24, 2.45) is 5.92 Å². The number of nitrogens with zero attached hydrogens (tertiary/aromatic N) is 2. The van der Waals surface area contributed by atoms with Crippen molar-refractivity contribution in [3.8, 4) is 5.75 Å². The van der Waals surface area contributed by atoms with Crippen molar-refractivity contribution in [1.82, 2.24) is 9.47 Å². The van der Waals surface area contributed by atoms with Crippen molar-refractivity contribution in [2.45, 2.75) is 26.3 Å². The Morgan fingerprint density at radius 3 is 2.62 bits per heavy atom. The lowest BCUT2D eigenvalue weighted by atomic mass is 9.97. The third-order valence-corrected chi connectivity index (χ3v) is 5.20. The second kappa shape index (κ2) is 9.45. The summed E-state index contributed by atoms with van der Waals surface area (Å²) in [6, 6.07) is 7.67. The molecule has 0 atom stereocenters. The molecule has 154 valence electrons. The fraction of sp³-hybridized carbons (Fsp3) is 0.391. The number of rotatable bonds is 8. The van der Waals surface area contributed by atoms with Crippen molar-refractivity contribution >= 4 is 22.8 Å². The normalized spacial score (nSPS) is 14.6. The number of benzene rings is 1. The van der Waals surface area contributed by atoms with Gasteiger partial charge in [0.2, 0.25) is 0 Å². The Hall–Kier alpha value is -3.02. The van der Waals surface area contributed by atoms with E-state index in [1.54, 1.807) is 12.2 Å². The van der Waals surface area contributed by atoms with Gasteiger partial charge in [-0.15, -0.1) is 6.58 Å². The largest absolute Gasteiger partial charge is 0.489 e. The van der Waals surface area contributed by atoms with E-state index >= 15 is 0 Å². The summed E-state index contributed by atoms with van der Waals surface area (Å²) >= 11 is 0. The molecule has 1 amide bonds. The molecule has 2 heterocycles. The van der Waals surface area contributed by atoms with Crippen LogP contribution in [0, 0.1) is 5.92 Å². The number of ether oxygens (including phenoxy) is 2. The van der Waals surface area contributed by atoms with Gasteiger partial charge in [-0.1, -0.05) is 24.8 Å². The molecule has 0 aliphatic carbocycles. The number of amides is 1. The predicted octanol–water partition coefficient (Wildman–Crippen LogP) is 3.81. The fourth-order valence-electron chi connectivity index (χ4n) is 3.78. The highest BCUT2D eigenvalue weighted by atomic mass is 16.5. The Morgan fingerprint density at radius 1 is 1.21 bits per heavy atom. The summed E-state index contributed by atoms with van der Waals surface area (Å²) in [6.45, 7) is 11.7. The molecule has 0 N–H and O–H groups in total. The second-order valence-electron chi connectivity index (χ2n) is 7.04. The van der Waals surface area contributed by atoms with E-state index in [1.165, 1.54) is 0 Å². The lowest BCUT2D eigenvalue weighted by molar-refractivity contribution is -0.149. The molecule has 2 aromatic rings. The van der Waals surface area contributed by atoms with E-state index in [0.717, 1.165) is 16.7 Å². The highest BCUT2D eigenvalue weighted by Crippen LogP contribution is 2.30. The topological polar surface area (TPSA) is 60.8 Å². The molecule has 6 heteroatoms. The summed E-state index contributed by atoms with van der Waals surface area (Å²) in [4.78, 5) is 27.1. The predicted molar refractivity (Wildman–Crippen MR) is 113 cm³/mol. The number of hydrogen-bond acceptors (Lipinski definition) is 4. The van der Waals surface area contributed by atoms with Crippen LogP contribution in [0.25, 0.3) is 10.9 Å². The molecule has 0 radical (unpaired) electrons. The first kappa shape index (κ1) is 20.7. The number of fused-ring (bicyclic) bond motifs is 1. The molecule has 6 nitrogen and oxygen atoms in total. The van der Waals surface area contributed by atoms with Gasteiger partial charge in [-0.2, -0.15) is 0 Å². The van der Waals surface area contributed by atoms with Crippen LogP contribution in [-0.4, -0.2) is 47.6 Å². The minimum atomic E-state index is -0.163. The molecule has 1 aliphatic rings. The minimum Gasteiger partial charge on any atom is -0.489 e. The lowest BCUT2D eigenvalue weighted by Crippen LogP contribution is -2.41. The van der Waals surface area contributed by atoms with Gasteiger partial charge in [0.15, 0.2) is 0 Å². The summed E-state index contributed by atoms with van der Waals surface area (Å²) < 4.78 is 12.9. The molecule has 0 bridgehead atoms. The van der Waals surface area contributed by atoms with Gasteiger partial charge in [0.05, 0.1) is 18.0 Å². The Labute approximate surface area is 171 Å². The molecule has 1 aromatic carbocycles. The average Bonchev–Trinajstić information content (AvgIpc) is 3.11. The molecule has 1 fully saturated rings. The van der Waals surface area contributed by atoms with Gasteiger partial charge in [-0.25, -0.2) is 0 Å². The monoisotopic (exact) mass is 396 g/mol. The molecule has 1 saturated heterocycles. The van der Waals surface area contributed by atoms with Gasteiger partial charge < -0.3 is 18.9 Å². The SMILES string of the molecule is C=CCOc1cccc2c1cc(C(=O)N1CCC(C(=O)OCC)CC1)n2CC=C. The quantitative estimate of drug-likeness (QED) is 0.503. The molecular formula is C23H28N2O4. The standard InChI is InChI=1S/C23H28N2O4/c1-4-12-25-19-8-7-9-21(29-15-5-2)18(19)16-20(25)22(26)24-13-10-17(11-14-24)23(27)28-6-3/h4-5,7-9,16-17H,1-2,6,10-15H2,3H3. The van der Waals surface area contributed by atoms with Gasteiger partial charge >= 0.3 is 5.97 Å². The average molecular weight is 396 g/mol. The maximum Gasteiger partial charge on any atom is 0.309 e. The van der Waals surface area contributed by atoms with Gasteiger partial charge in [-0.05, 0) is 38.0 Å². The summed E-state index contributed by atoms with van der Waals surface area (Å²) in [6.07, 6.45) is 4.72. The van der Waals surface area contributed by atoms with E-state index in [4.69, 9.17) is 9.47 Å². The zero-order valence-corrected chi connectivity index (χ0v) is 16.9. The van der Waals surface area contributed by atoms with E-state index in [2.05, 4.69) is 13.2 Å². The molecule has 0 saturated carbocycles. The van der Waals surface area contributed by atoms with E-state index in [9.17, 15) is 9.59 Å². The molecule has 0 spiro atoms. The van der Waals surface area contributed by atoms with Gasteiger partial charge in [0, 0.05) is 25.0 Å². The summed E-state index contributed by atoms with van der Waals surface area (Å²) in [7, 11) is 0. The minimum absolute atomic E-state index is 0.0416. The maximum atomic E-state index is 13.3. The van der Waals surface area contributed by atoms with E-state index < -0.39 is 0 Å². The molecule has 1 aromatic heterocycles. The first-order valence-corrected chi connectivity index (χ1v) is 10.0. The van der Waals surface area contributed by atoms with Gasteiger partial charge in [0.1, 0.15) is 18.1 Å². The van der Waals surface area contributed by atoms with Crippen LogP contribution in [0.3, 0.4) is 0 Å². The van der Waals surface area contributed by atoms with E-state index in [0.29, 0.717) is 51.4 Å².